The number of nitro groups is 3. The molecule has 0 saturated carbocycles. The maximum absolute atomic E-state index is 10.4. The number of methoxy groups -OCH3 is 1. The molecule has 1 N–H and O–H groups in total. The number of hydrogen-bond donors (Lipinski definition) is 1. The van der Waals surface area contributed by atoms with Crippen molar-refractivity contribution in [1.29, 1.82) is 0 Å². The number of nitro benzene ring substituents is 3. The highest BCUT2D eigenvalue weighted by atomic mass is 16.6. The lowest BCUT2D eigenvalue weighted by Gasteiger charge is -2.03. The zero-order chi connectivity index (χ0) is 20.8. The molecule has 0 heterocycles. The van der Waals surface area contributed by atoms with Crippen LogP contribution in [0, 0.1) is 30.3 Å². The number of non-ortho nitro benzene ring substituents is 1. The average Bonchev–Trinajstić information content (AvgIpc) is 2.67. The van der Waals surface area contributed by atoms with Crippen LogP contribution >= 0.6 is 0 Å². The molecule has 0 saturated heterocycles. The molecule has 0 unspecified atom stereocenters. The molecule has 3 rings (SSSR count). The van der Waals surface area contributed by atoms with Crippen LogP contribution in [0.2, 0.25) is 0 Å². The fraction of sp³-hybridized carbons (Fsp3) is 0.0588. The molecule has 3 aromatic rings. The topological polar surface area (TPSA) is 159 Å². The predicted molar refractivity (Wildman–Crippen MR) is 98.6 cm³/mol. The molecule has 0 spiro atoms. The minimum absolute atomic E-state index is 0.447. The number of rotatable bonds is 4. The van der Waals surface area contributed by atoms with Crippen LogP contribution in [0.25, 0.3) is 10.8 Å². The van der Waals surface area contributed by atoms with Crippen LogP contribution in [-0.4, -0.2) is 27.0 Å². The molecule has 28 heavy (non-hydrogen) atoms. The van der Waals surface area contributed by atoms with Crippen molar-refractivity contribution in [1.82, 2.24) is 0 Å². The number of aromatic hydroxyl groups is 1. The lowest BCUT2D eigenvalue weighted by molar-refractivity contribution is -0.404. The molecule has 0 aliphatic heterocycles. The monoisotopic (exact) mass is 387 g/mol. The van der Waals surface area contributed by atoms with Gasteiger partial charge in [-0.05, 0) is 11.5 Å². The van der Waals surface area contributed by atoms with Crippen molar-refractivity contribution in [3.8, 4) is 11.5 Å². The molecule has 0 amide bonds. The van der Waals surface area contributed by atoms with Crippen molar-refractivity contribution < 1.29 is 24.6 Å². The van der Waals surface area contributed by atoms with Crippen LogP contribution in [0.1, 0.15) is 0 Å². The first-order valence-electron chi connectivity index (χ1n) is 7.58. The number of hydrogen-bond acceptors (Lipinski definition) is 8. The molecular formula is C17H13N3O8. The van der Waals surface area contributed by atoms with E-state index in [0.717, 1.165) is 5.75 Å². The van der Waals surface area contributed by atoms with Crippen LogP contribution in [0.3, 0.4) is 0 Å². The van der Waals surface area contributed by atoms with Crippen LogP contribution in [0.4, 0.5) is 17.1 Å². The summed E-state index contributed by atoms with van der Waals surface area (Å²) in [4.78, 5) is 27.8. The highest BCUT2D eigenvalue weighted by Gasteiger charge is 2.30. The third-order valence-electron chi connectivity index (χ3n) is 3.63. The Bertz CT molecular complexity index is 1030. The maximum Gasteiger partial charge on any atom is 0.324 e. The summed E-state index contributed by atoms with van der Waals surface area (Å²) in [7, 11) is 1.70. The van der Waals surface area contributed by atoms with Crippen LogP contribution in [-0.2, 0) is 0 Å². The Morgan fingerprint density at radius 1 is 0.821 bits per heavy atom. The Morgan fingerprint density at radius 3 is 1.86 bits per heavy atom. The van der Waals surface area contributed by atoms with Gasteiger partial charge >= 0.3 is 11.4 Å². The van der Waals surface area contributed by atoms with E-state index in [1.165, 1.54) is 10.8 Å². The van der Waals surface area contributed by atoms with Gasteiger partial charge in [0, 0.05) is 5.39 Å². The molecule has 3 aromatic carbocycles. The summed E-state index contributed by atoms with van der Waals surface area (Å²) >= 11 is 0. The van der Waals surface area contributed by atoms with E-state index in [0.29, 0.717) is 12.1 Å². The Kier molecular flexibility index (Phi) is 6.01. The molecule has 0 fully saturated rings. The second kappa shape index (κ2) is 8.40. The summed E-state index contributed by atoms with van der Waals surface area (Å²) in [6.07, 6.45) is 0. The van der Waals surface area contributed by atoms with Crippen LogP contribution in [0.15, 0.2) is 54.6 Å². The fourth-order valence-corrected chi connectivity index (χ4v) is 2.35. The second-order valence-corrected chi connectivity index (χ2v) is 5.29. The maximum atomic E-state index is 10.4. The van der Waals surface area contributed by atoms with Crippen LogP contribution < -0.4 is 4.74 Å². The zero-order valence-electron chi connectivity index (χ0n) is 14.3. The minimum Gasteiger partial charge on any atom is -0.497 e. The van der Waals surface area contributed by atoms with Gasteiger partial charge in [-0.25, -0.2) is 0 Å². The summed E-state index contributed by atoms with van der Waals surface area (Å²) in [5, 5.41) is 42.6. The van der Waals surface area contributed by atoms with Gasteiger partial charge in [0.25, 0.3) is 11.4 Å². The zero-order valence-corrected chi connectivity index (χ0v) is 14.3. The molecule has 11 nitrogen and oxygen atoms in total. The van der Waals surface area contributed by atoms with Crippen molar-refractivity contribution in [2.45, 2.75) is 0 Å². The smallest absolute Gasteiger partial charge is 0.324 e. The number of nitrogens with zero attached hydrogens (tertiary/aromatic N) is 3. The van der Waals surface area contributed by atoms with E-state index in [4.69, 9.17) is 9.84 Å². The van der Waals surface area contributed by atoms with E-state index in [-0.39, 0.29) is 0 Å². The average molecular weight is 387 g/mol. The first-order valence-corrected chi connectivity index (χ1v) is 7.58. The van der Waals surface area contributed by atoms with E-state index in [2.05, 4.69) is 18.2 Å². The van der Waals surface area contributed by atoms with Gasteiger partial charge in [0.2, 0.25) is 0 Å². The molecule has 0 aliphatic rings. The quantitative estimate of drug-likeness (QED) is 0.520. The van der Waals surface area contributed by atoms with E-state index in [1.807, 2.05) is 24.3 Å². The van der Waals surface area contributed by atoms with Gasteiger partial charge in [0.05, 0.1) is 34.0 Å². The van der Waals surface area contributed by atoms with Gasteiger partial charge in [-0.3, -0.25) is 30.3 Å². The van der Waals surface area contributed by atoms with E-state index >= 15 is 0 Å². The van der Waals surface area contributed by atoms with Crippen molar-refractivity contribution in [3.63, 3.8) is 0 Å². The first kappa shape index (κ1) is 20.0. The van der Waals surface area contributed by atoms with E-state index in [1.54, 1.807) is 7.11 Å². The third-order valence-corrected chi connectivity index (χ3v) is 3.63. The highest BCUT2D eigenvalue weighted by Crippen LogP contribution is 2.38. The van der Waals surface area contributed by atoms with E-state index in [9.17, 15) is 30.3 Å². The molecule has 0 bridgehead atoms. The number of fused-ring (bicyclic) bond motifs is 1. The normalized spacial score (nSPS) is 9.89. The first-order chi connectivity index (χ1) is 13.3. The number of phenols is 1. The van der Waals surface area contributed by atoms with Gasteiger partial charge < -0.3 is 9.84 Å². The van der Waals surface area contributed by atoms with Gasteiger partial charge in [-0.15, -0.1) is 0 Å². The van der Waals surface area contributed by atoms with Crippen molar-refractivity contribution >= 4 is 27.8 Å². The molecule has 144 valence electrons. The van der Waals surface area contributed by atoms with Crippen LogP contribution in [0.5, 0.6) is 11.5 Å². The summed E-state index contributed by atoms with van der Waals surface area (Å²) in [5.74, 6) is -0.270. The van der Waals surface area contributed by atoms with Gasteiger partial charge in [-0.1, -0.05) is 36.4 Å². The molecule has 0 aromatic heterocycles. The summed E-state index contributed by atoms with van der Waals surface area (Å²) < 4.78 is 5.23. The lowest BCUT2D eigenvalue weighted by Crippen LogP contribution is -1.97. The lowest BCUT2D eigenvalue weighted by atomic mass is 10.1. The molecular weight excluding hydrogens is 374 g/mol. The van der Waals surface area contributed by atoms with E-state index < -0.39 is 37.6 Å². The largest absolute Gasteiger partial charge is 0.497 e. The van der Waals surface area contributed by atoms with Gasteiger partial charge in [-0.2, -0.15) is 0 Å². The Balaban J connectivity index is 0.000000207. The SMILES string of the molecule is COc1cccc2ccccc12.O=[N+]([O-])c1cc([N+](=O)[O-])c(O)c([N+](=O)[O-])c1. The second-order valence-electron chi connectivity index (χ2n) is 5.29. The third kappa shape index (κ3) is 4.27. The Morgan fingerprint density at radius 2 is 1.36 bits per heavy atom. The highest BCUT2D eigenvalue weighted by molar-refractivity contribution is 5.88. The summed E-state index contributed by atoms with van der Waals surface area (Å²) in [5.41, 5.74) is -3.00. The standard InChI is InChI=1S/C11H10O.C6H3N3O7/c1-12-11-8-4-6-9-5-2-3-7-10(9)11;10-6-4(8(13)14)1-3(7(11)12)2-5(6)9(15)16/h2-8H,1H3;1-2,10H. The molecule has 0 atom stereocenters. The molecule has 0 aliphatic carbocycles. The Hall–Kier alpha value is -4.28. The minimum atomic E-state index is -1.21. The summed E-state index contributed by atoms with van der Waals surface area (Å²) in [6.45, 7) is 0. The molecule has 11 heteroatoms. The number of ether oxygens (including phenoxy) is 1. The van der Waals surface area contributed by atoms with Crippen molar-refractivity contribution in [2.24, 2.45) is 0 Å². The van der Waals surface area contributed by atoms with Gasteiger partial charge in [0.15, 0.2) is 0 Å². The Labute approximate surface area is 156 Å². The van der Waals surface area contributed by atoms with Gasteiger partial charge in [0.1, 0.15) is 5.75 Å². The molecule has 0 radical (unpaired) electrons. The predicted octanol–water partition coefficient (Wildman–Crippen LogP) is 3.97. The fourth-order valence-electron chi connectivity index (χ4n) is 2.35. The summed E-state index contributed by atoms with van der Waals surface area (Å²) in [6, 6.07) is 15.1. The number of phenolic OH excluding ortho intramolecular Hbond substituents is 1. The van der Waals surface area contributed by atoms with Crippen molar-refractivity contribution in [2.75, 3.05) is 7.11 Å². The van der Waals surface area contributed by atoms with Crippen molar-refractivity contribution in [3.05, 3.63) is 84.9 Å². The number of benzene rings is 3.